The minimum atomic E-state index is 0.162. The quantitative estimate of drug-likeness (QED) is 0.540. The highest BCUT2D eigenvalue weighted by atomic mass is 16.5. The molecule has 3 aromatic rings. The second kappa shape index (κ2) is 9.78. The maximum absolute atomic E-state index is 6.22. The fourth-order valence-electron chi connectivity index (χ4n) is 2.97. The van der Waals surface area contributed by atoms with Crippen LogP contribution in [0.4, 0.5) is 0 Å². The number of hydrogen-bond donors (Lipinski definition) is 0. The lowest BCUT2D eigenvalue weighted by atomic mass is 10.1. The minimum absolute atomic E-state index is 0.162. The van der Waals surface area contributed by atoms with Gasteiger partial charge in [-0.15, -0.1) is 0 Å². The predicted molar refractivity (Wildman–Crippen MR) is 103 cm³/mol. The van der Waals surface area contributed by atoms with Gasteiger partial charge in [-0.05, 0) is 42.5 Å². The average molecular weight is 350 g/mol. The fourth-order valence-corrected chi connectivity index (χ4v) is 2.97. The van der Waals surface area contributed by atoms with Gasteiger partial charge in [-0.1, -0.05) is 42.5 Å². The van der Waals surface area contributed by atoms with Crippen LogP contribution in [0.3, 0.4) is 0 Å². The molecular formula is C22H26N2O2. The first-order valence-electron chi connectivity index (χ1n) is 9.07. The standard InChI is InChI=1S/C22H26N2O2/c1-25-21-12-10-20(11-13-21)17-26-22(16-24-15-14-23-18-24)9-5-8-19-6-3-2-4-7-19/h2-4,6-7,10-15,18,22H,5,8-9,16-17H2,1H3. The number of methoxy groups -OCH3 is 1. The SMILES string of the molecule is COc1ccc(COC(CCCc2ccccc2)Cn2ccnc2)cc1. The molecule has 0 aliphatic heterocycles. The first-order chi connectivity index (χ1) is 12.8. The number of hydrogen-bond acceptors (Lipinski definition) is 3. The molecule has 1 atom stereocenters. The Morgan fingerprint density at radius 1 is 1.00 bits per heavy atom. The number of nitrogens with zero attached hydrogens (tertiary/aromatic N) is 2. The summed E-state index contributed by atoms with van der Waals surface area (Å²) in [7, 11) is 1.68. The van der Waals surface area contributed by atoms with Gasteiger partial charge in [-0.3, -0.25) is 0 Å². The molecule has 1 heterocycles. The zero-order valence-electron chi connectivity index (χ0n) is 15.3. The van der Waals surface area contributed by atoms with E-state index < -0.39 is 0 Å². The number of rotatable bonds is 10. The Balaban J connectivity index is 1.53. The first kappa shape index (κ1) is 18.2. The van der Waals surface area contributed by atoms with Crippen LogP contribution < -0.4 is 4.74 Å². The molecule has 26 heavy (non-hydrogen) atoms. The predicted octanol–water partition coefficient (Wildman–Crippen LogP) is 4.50. The van der Waals surface area contributed by atoms with Crippen molar-refractivity contribution in [2.75, 3.05) is 7.11 Å². The number of benzene rings is 2. The van der Waals surface area contributed by atoms with Crippen molar-refractivity contribution in [2.24, 2.45) is 0 Å². The number of imidazole rings is 1. The lowest BCUT2D eigenvalue weighted by Gasteiger charge is -2.19. The second-order valence-electron chi connectivity index (χ2n) is 6.42. The van der Waals surface area contributed by atoms with Crippen LogP contribution in [0.5, 0.6) is 5.75 Å². The molecule has 4 heteroatoms. The largest absolute Gasteiger partial charge is 0.497 e. The molecule has 0 spiro atoms. The van der Waals surface area contributed by atoms with Crippen molar-refractivity contribution < 1.29 is 9.47 Å². The molecule has 0 bridgehead atoms. The number of ether oxygens (including phenoxy) is 2. The highest BCUT2D eigenvalue weighted by molar-refractivity contribution is 5.26. The van der Waals surface area contributed by atoms with Crippen LogP contribution in [0.15, 0.2) is 73.3 Å². The molecule has 3 rings (SSSR count). The highest BCUT2D eigenvalue weighted by Crippen LogP contribution is 2.15. The van der Waals surface area contributed by atoms with Crippen LogP contribution in [0.25, 0.3) is 0 Å². The third-order valence-electron chi connectivity index (χ3n) is 4.45. The van der Waals surface area contributed by atoms with E-state index in [-0.39, 0.29) is 6.10 Å². The van der Waals surface area contributed by atoms with Crippen molar-refractivity contribution in [1.29, 1.82) is 0 Å². The normalized spacial score (nSPS) is 12.0. The molecule has 0 amide bonds. The van der Waals surface area contributed by atoms with Gasteiger partial charge in [0.05, 0.1) is 26.1 Å². The van der Waals surface area contributed by atoms with Crippen LogP contribution in [0, 0.1) is 0 Å². The second-order valence-corrected chi connectivity index (χ2v) is 6.42. The van der Waals surface area contributed by atoms with Gasteiger partial charge in [0.1, 0.15) is 5.75 Å². The lowest BCUT2D eigenvalue weighted by Crippen LogP contribution is -2.20. The maximum Gasteiger partial charge on any atom is 0.118 e. The Morgan fingerprint density at radius 3 is 2.50 bits per heavy atom. The summed E-state index contributed by atoms with van der Waals surface area (Å²) in [5.74, 6) is 0.867. The highest BCUT2D eigenvalue weighted by Gasteiger charge is 2.11. The van der Waals surface area contributed by atoms with E-state index in [0.717, 1.165) is 37.1 Å². The monoisotopic (exact) mass is 350 g/mol. The zero-order valence-corrected chi connectivity index (χ0v) is 15.3. The van der Waals surface area contributed by atoms with Crippen LogP contribution in [0.2, 0.25) is 0 Å². The molecule has 0 fully saturated rings. The van der Waals surface area contributed by atoms with E-state index in [0.29, 0.717) is 6.61 Å². The van der Waals surface area contributed by atoms with Crippen molar-refractivity contribution in [2.45, 2.75) is 38.5 Å². The molecule has 0 aliphatic carbocycles. The van der Waals surface area contributed by atoms with E-state index in [4.69, 9.17) is 9.47 Å². The van der Waals surface area contributed by atoms with Gasteiger partial charge in [0.15, 0.2) is 0 Å². The van der Waals surface area contributed by atoms with Gasteiger partial charge in [0.25, 0.3) is 0 Å². The van der Waals surface area contributed by atoms with E-state index in [1.807, 2.05) is 30.9 Å². The molecule has 0 radical (unpaired) electrons. The molecule has 2 aromatic carbocycles. The van der Waals surface area contributed by atoms with E-state index in [2.05, 4.69) is 52.0 Å². The van der Waals surface area contributed by atoms with Gasteiger partial charge in [0.2, 0.25) is 0 Å². The molecule has 0 saturated carbocycles. The Labute approximate surface area is 155 Å². The van der Waals surface area contributed by atoms with Crippen molar-refractivity contribution in [1.82, 2.24) is 9.55 Å². The summed E-state index contributed by atoms with van der Waals surface area (Å²) in [6, 6.07) is 18.7. The van der Waals surface area contributed by atoms with E-state index >= 15 is 0 Å². The molecule has 0 aliphatic rings. The smallest absolute Gasteiger partial charge is 0.118 e. The first-order valence-corrected chi connectivity index (χ1v) is 9.07. The van der Waals surface area contributed by atoms with Crippen LogP contribution in [-0.2, 0) is 24.3 Å². The number of aryl methyl sites for hydroxylation is 1. The third kappa shape index (κ3) is 5.74. The third-order valence-corrected chi connectivity index (χ3v) is 4.45. The van der Waals surface area contributed by atoms with E-state index in [1.165, 1.54) is 5.56 Å². The minimum Gasteiger partial charge on any atom is -0.497 e. The summed E-state index contributed by atoms with van der Waals surface area (Å²) in [5, 5.41) is 0. The Kier molecular flexibility index (Phi) is 6.85. The summed E-state index contributed by atoms with van der Waals surface area (Å²) in [4.78, 5) is 4.13. The molecule has 0 saturated heterocycles. The summed E-state index contributed by atoms with van der Waals surface area (Å²) in [6.07, 6.45) is 9.00. The lowest BCUT2D eigenvalue weighted by molar-refractivity contribution is 0.0225. The summed E-state index contributed by atoms with van der Waals surface area (Å²) < 4.78 is 13.5. The molecular weight excluding hydrogens is 324 g/mol. The molecule has 0 N–H and O–H groups in total. The van der Waals surface area contributed by atoms with Crippen molar-refractivity contribution >= 4 is 0 Å². The fraction of sp³-hybridized carbons (Fsp3) is 0.318. The Bertz CT molecular complexity index is 740. The molecule has 1 unspecified atom stereocenters. The van der Waals surface area contributed by atoms with Gasteiger partial charge in [0, 0.05) is 18.9 Å². The average Bonchev–Trinajstić information content (AvgIpc) is 3.20. The maximum atomic E-state index is 6.22. The van der Waals surface area contributed by atoms with Crippen molar-refractivity contribution in [3.8, 4) is 5.75 Å². The van der Waals surface area contributed by atoms with Gasteiger partial charge < -0.3 is 14.0 Å². The van der Waals surface area contributed by atoms with Gasteiger partial charge >= 0.3 is 0 Å². The Morgan fingerprint density at radius 2 is 1.81 bits per heavy atom. The van der Waals surface area contributed by atoms with Crippen LogP contribution in [0.1, 0.15) is 24.0 Å². The summed E-state index contributed by atoms with van der Waals surface area (Å²) >= 11 is 0. The van der Waals surface area contributed by atoms with Gasteiger partial charge in [-0.25, -0.2) is 4.98 Å². The van der Waals surface area contributed by atoms with Gasteiger partial charge in [-0.2, -0.15) is 0 Å². The van der Waals surface area contributed by atoms with E-state index in [1.54, 1.807) is 7.11 Å². The van der Waals surface area contributed by atoms with Crippen molar-refractivity contribution in [3.63, 3.8) is 0 Å². The van der Waals surface area contributed by atoms with Crippen LogP contribution >= 0.6 is 0 Å². The van der Waals surface area contributed by atoms with E-state index in [9.17, 15) is 0 Å². The van der Waals surface area contributed by atoms with Crippen LogP contribution in [-0.4, -0.2) is 22.8 Å². The number of aromatic nitrogens is 2. The molecule has 136 valence electrons. The Hall–Kier alpha value is -2.59. The topological polar surface area (TPSA) is 36.3 Å². The van der Waals surface area contributed by atoms with Crippen molar-refractivity contribution in [3.05, 3.63) is 84.4 Å². The zero-order chi connectivity index (χ0) is 18.0. The summed E-state index contributed by atoms with van der Waals surface area (Å²) in [6.45, 7) is 1.43. The molecule has 1 aromatic heterocycles. The molecule has 4 nitrogen and oxygen atoms in total. The summed E-state index contributed by atoms with van der Waals surface area (Å²) in [5.41, 5.74) is 2.54.